The van der Waals surface area contributed by atoms with Gasteiger partial charge in [0, 0.05) is 0 Å². The number of fused-ring (bicyclic) bond motifs is 11. The van der Waals surface area contributed by atoms with Gasteiger partial charge >= 0.3 is 219 Å². The van der Waals surface area contributed by atoms with Crippen LogP contribution in [0.25, 0.3) is 85.2 Å². The summed E-state index contributed by atoms with van der Waals surface area (Å²) in [4.78, 5) is 10.2. The van der Waals surface area contributed by atoms with Crippen molar-refractivity contribution in [1.82, 2.24) is 9.97 Å². The molecule has 0 aliphatic heterocycles. The van der Waals surface area contributed by atoms with Crippen molar-refractivity contribution in [3.8, 4) is 22.6 Å². The Kier molecular flexibility index (Phi) is 4.95. The van der Waals surface area contributed by atoms with Gasteiger partial charge in [0.25, 0.3) is 0 Å². The van der Waals surface area contributed by atoms with Gasteiger partial charge in [-0.1, -0.05) is 24.3 Å². The number of benzene rings is 7. The molecule has 0 amide bonds. The van der Waals surface area contributed by atoms with Crippen molar-refractivity contribution in [3.63, 3.8) is 0 Å². The number of nitrogens with zero attached hydrogens (tertiary/aromatic N) is 2. The van der Waals surface area contributed by atoms with Crippen molar-refractivity contribution in [2.24, 2.45) is 0 Å². The third kappa shape index (κ3) is 3.44. The summed E-state index contributed by atoms with van der Waals surface area (Å²) in [5.41, 5.74) is 4.05. The van der Waals surface area contributed by atoms with Crippen LogP contribution in [-0.2, 0) is 0 Å². The summed E-state index contributed by atoms with van der Waals surface area (Å²) in [5, 5.41) is 11.7. The van der Waals surface area contributed by atoms with Crippen LogP contribution in [0.3, 0.4) is 0 Å². The molecular formula is C38H22N2Se. The van der Waals surface area contributed by atoms with E-state index in [0.29, 0.717) is 0 Å². The zero-order valence-corrected chi connectivity index (χ0v) is 23.7. The van der Waals surface area contributed by atoms with Crippen molar-refractivity contribution in [3.05, 3.63) is 133 Å². The van der Waals surface area contributed by atoms with E-state index in [1.807, 2.05) is 12.1 Å². The summed E-state index contributed by atoms with van der Waals surface area (Å²) in [6.07, 6.45) is 0. The first-order valence-electron chi connectivity index (χ1n) is 13.8. The van der Waals surface area contributed by atoms with E-state index in [4.69, 9.17) is 9.97 Å². The Bertz CT molecular complexity index is 2450. The summed E-state index contributed by atoms with van der Waals surface area (Å²) in [7, 11) is 0. The maximum atomic E-state index is 5.15. The third-order valence-electron chi connectivity index (χ3n) is 8.25. The van der Waals surface area contributed by atoms with E-state index >= 15 is 0 Å². The molecule has 0 spiro atoms. The SMILES string of the molecule is c1ccc(-c2nc(-c3ccc4c(c3)c3ccccc3c3c4ccc4c5ccccc5[se]c43)nc3ccccc23)cc1. The zero-order chi connectivity index (χ0) is 26.9. The molecule has 0 saturated heterocycles. The summed E-state index contributed by atoms with van der Waals surface area (Å²) in [6.45, 7) is 0. The minimum absolute atomic E-state index is 0.286. The monoisotopic (exact) mass is 586 g/mol. The quantitative estimate of drug-likeness (QED) is 0.149. The van der Waals surface area contributed by atoms with Gasteiger partial charge in [-0.15, -0.1) is 0 Å². The van der Waals surface area contributed by atoms with Gasteiger partial charge in [0.05, 0.1) is 0 Å². The molecule has 7 aromatic carbocycles. The molecule has 0 atom stereocenters. The molecule has 0 unspecified atom stereocenters. The number of aromatic nitrogens is 2. The maximum absolute atomic E-state index is 5.15. The fourth-order valence-electron chi connectivity index (χ4n) is 6.38. The molecule has 0 aliphatic rings. The van der Waals surface area contributed by atoms with E-state index in [1.54, 1.807) is 0 Å². The Labute approximate surface area is 242 Å². The third-order valence-corrected chi connectivity index (χ3v) is 10.8. The van der Waals surface area contributed by atoms with Crippen LogP contribution < -0.4 is 0 Å². The van der Waals surface area contributed by atoms with E-state index in [1.165, 1.54) is 51.6 Å². The number of hydrogen-bond donors (Lipinski definition) is 0. The molecule has 0 radical (unpaired) electrons. The van der Waals surface area contributed by atoms with Crippen molar-refractivity contribution in [2.45, 2.75) is 0 Å². The molecule has 2 nitrogen and oxygen atoms in total. The number of hydrogen-bond acceptors (Lipinski definition) is 2. The second kappa shape index (κ2) is 8.84. The van der Waals surface area contributed by atoms with Gasteiger partial charge < -0.3 is 0 Å². The first-order chi connectivity index (χ1) is 20.3. The predicted octanol–water partition coefficient (Wildman–Crippen LogP) is 9.79. The molecule has 0 N–H and O–H groups in total. The molecule has 0 saturated carbocycles. The summed E-state index contributed by atoms with van der Waals surface area (Å²) < 4.78 is 2.98. The van der Waals surface area contributed by atoms with E-state index in [0.717, 1.165) is 33.5 Å². The Morgan fingerprint density at radius 1 is 0.415 bits per heavy atom. The minimum atomic E-state index is 0.286. The average Bonchev–Trinajstić information content (AvgIpc) is 3.43. The molecule has 0 aliphatic carbocycles. The fraction of sp³-hybridized carbons (Fsp3) is 0. The Morgan fingerprint density at radius 2 is 1.05 bits per heavy atom. The molecule has 2 aromatic heterocycles. The molecule has 9 aromatic rings. The van der Waals surface area contributed by atoms with Crippen molar-refractivity contribution >= 4 is 77.0 Å². The van der Waals surface area contributed by atoms with Crippen LogP contribution in [0, 0.1) is 0 Å². The minimum Gasteiger partial charge on any atom is -0.0616 e. The second-order valence-electron chi connectivity index (χ2n) is 10.5. The van der Waals surface area contributed by atoms with Crippen LogP contribution in [0.4, 0.5) is 0 Å². The standard InChI is InChI=1S/C38H22N2Se/c1-2-10-23(11-3-1)36-31-15-6-8-16-33(31)39-38(40-36)24-18-19-26-29-20-21-30-27-13-7-9-17-34(27)41-37(30)35(29)28-14-5-4-12-25(28)32(26)22-24/h1-22H. The fourth-order valence-corrected chi connectivity index (χ4v) is 9.03. The van der Waals surface area contributed by atoms with Gasteiger partial charge in [0.15, 0.2) is 0 Å². The van der Waals surface area contributed by atoms with Crippen LogP contribution in [0.2, 0.25) is 0 Å². The average molecular weight is 586 g/mol. The van der Waals surface area contributed by atoms with Crippen molar-refractivity contribution < 1.29 is 0 Å². The Balaban J connectivity index is 1.35. The van der Waals surface area contributed by atoms with Gasteiger partial charge in [-0.3, -0.25) is 0 Å². The molecule has 0 fully saturated rings. The van der Waals surface area contributed by atoms with Gasteiger partial charge in [0.2, 0.25) is 0 Å². The summed E-state index contributed by atoms with van der Waals surface area (Å²) in [6, 6.07) is 47.9. The van der Waals surface area contributed by atoms with Gasteiger partial charge in [0.1, 0.15) is 0 Å². The van der Waals surface area contributed by atoms with Crippen molar-refractivity contribution in [1.29, 1.82) is 0 Å². The molecule has 3 heteroatoms. The van der Waals surface area contributed by atoms with Crippen LogP contribution in [-0.4, -0.2) is 24.5 Å². The number of para-hydroxylation sites is 1. The predicted molar refractivity (Wildman–Crippen MR) is 175 cm³/mol. The first kappa shape index (κ1) is 22.9. The van der Waals surface area contributed by atoms with Gasteiger partial charge in [-0.25, -0.2) is 0 Å². The Morgan fingerprint density at radius 3 is 1.93 bits per heavy atom. The normalized spacial score (nSPS) is 11.9. The van der Waals surface area contributed by atoms with Crippen LogP contribution in [0.1, 0.15) is 0 Å². The van der Waals surface area contributed by atoms with Crippen LogP contribution in [0.5, 0.6) is 0 Å². The van der Waals surface area contributed by atoms with E-state index in [-0.39, 0.29) is 14.5 Å². The molecule has 190 valence electrons. The molecule has 0 bridgehead atoms. The second-order valence-corrected chi connectivity index (χ2v) is 12.8. The van der Waals surface area contributed by atoms with Gasteiger partial charge in [-0.2, -0.15) is 0 Å². The zero-order valence-electron chi connectivity index (χ0n) is 22.0. The smallest absolute Gasteiger partial charge is 0.0616 e. The van der Waals surface area contributed by atoms with Gasteiger partial charge in [-0.05, 0) is 0 Å². The molecule has 2 heterocycles. The van der Waals surface area contributed by atoms with E-state index < -0.39 is 0 Å². The van der Waals surface area contributed by atoms with Crippen molar-refractivity contribution in [2.75, 3.05) is 0 Å². The Hall–Kier alpha value is -4.82. The first-order valence-corrected chi connectivity index (χ1v) is 15.6. The number of rotatable bonds is 2. The van der Waals surface area contributed by atoms with E-state index in [9.17, 15) is 0 Å². The molecule has 41 heavy (non-hydrogen) atoms. The molecular weight excluding hydrogens is 563 g/mol. The molecule has 9 rings (SSSR count). The summed E-state index contributed by atoms with van der Waals surface area (Å²) in [5.74, 6) is 0.751. The summed E-state index contributed by atoms with van der Waals surface area (Å²) >= 11 is 0.286. The van der Waals surface area contributed by atoms with E-state index in [2.05, 4.69) is 121 Å². The van der Waals surface area contributed by atoms with Crippen LogP contribution in [0.15, 0.2) is 133 Å². The topological polar surface area (TPSA) is 25.8 Å². The van der Waals surface area contributed by atoms with Crippen LogP contribution >= 0.6 is 0 Å².